The second-order valence-electron chi connectivity index (χ2n) is 4.43. The van der Waals surface area contributed by atoms with Crippen LogP contribution in [0.4, 0.5) is 5.69 Å². The number of methoxy groups -OCH3 is 3. The second-order valence-corrected chi connectivity index (χ2v) is 6.38. The summed E-state index contributed by atoms with van der Waals surface area (Å²) in [5.41, 5.74) is 6.08. The van der Waals surface area contributed by atoms with Crippen molar-refractivity contribution in [3.05, 3.63) is 36.4 Å². The molecule has 0 atom stereocenters. The summed E-state index contributed by atoms with van der Waals surface area (Å²) in [7, 11) is 0.591. The Bertz CT molecular complexity index is 744. The maximum Gasteiger partial charge on any atom is 0.206 e. The molecule has 7 heteroatoms. The van der Waals surface area contributed by atoms with Crippen molar-refractivity contribution < 1.29 is 22.6 Å². The zero-order valence-corrected chi connectivity index (χ0v) is 13.3. The van der Waals surface area contributed by atoms with E-state index in [9.17, 15) is 8.42 Å². The number of rotatable bonds is 5. The Morgan fingerprint density at radius 3 is 1.73 bits per heavy atom. The molecule has 0 aliphatic heterocycles. The lowest BCUT2D eigenvalue weighted by molar-refractivity contribution is 0.323. The number of anilines is 1. The van der Waals surface area contributed by atoms with Crippen molar-refractivity contribution in [2.75, 3.05) is 27.1 Å². The molecule has 6 nitrogen and oxygen atoms in total. The van der Waals surface area contributed by atoms with Crippen molar-refractivity contribution in [1.29, 1.82) is 0 Å². The van der Waals surface area contributed by atoms with E-state index in [1.54, 1.807) is 0 Å². The van der Waals surface area contributed by atoms with Crippen LogP contribution in [0.1, 0.15) is 0 Å². The molecule has 2 rings (SSSR count). The Balaban J connectivity index is 2.63. The van der Waals surface area contributed by atoms with Gasteiger partial charge in [-0.3, -0.25) is 0 Å². The third-order valence-electron chi connectivity index (χ3n) is 3.14. The molecule has 0 heterocycles. The third kappa shape index (κ3) is 2.80. The van der Waals surface area contributed by atoms with Gasteiger partial charge in [-0.25, -0.2) is 8.42 Å². The number of sulfone groups is 1. The van der Waals surface area contributed by atoms with Gasteiger partial charge in [0.05, 0.1) is 31.1 Å². The molecule has 0 fully saturated rings. The Labute approximate surface area is 129 Å². The van der Waals surface area contributed by atoms with Crippen LogP contribution in [-0.2, 0) is 9.84 Å². The molecule has 0 aliphatic rings. The van der Waals surface area contributed by atoms with Crippen LogP contribution >= 0.6 is 0 Å². The van der Waals surface area contributed by atoms with Crippen LogP contribution in [0, 0.1) is 0 Å². The maximum absolute atomic E-state index is 12.7. The molecule has 2 aromatic carbocycles. The van der Waals surface area contributed by atoms with Gasteiger partial charge in [0, 0.05) is 17.8 Å². The van der Waals surface area contributed by atoms with Crippen molar-refractivity contribution in [2.24, 2.45) is 0 Å². The van der Waals surface area contributed by atoms with Gasteiger partial charge in [-0.05, 0) is 24.3 Å². The summed E-state index contributed by atoms with van der Waals surface area (Å²) in [6.45, 7) is 0. The lowest BCUT2D eigenvalue weighted by Crippen LogP contribution is -2.04. The number of hydrogen-bond donors (Lipinski definition) is 1. The Morgan fingerprint density at radius 2 is 1.32 bits per heavy atom. The third-order valence-corrected chi connectivity index (χ3v) is 4.89. The van der Waals surface area contributed by atoms with Gasteiger partial charge < -0.3 is 19.9 Å². The summed E-state index contributed by atoms with van der Waals surface area (Å²) in [4.78, 5) is 0.183. The molecule has 2 aromatic rings. The molecule has 0 saturated carbocycles. The smallest absolute Gasteiger partial charge is 0.206 e. The van der Waals surface area contributed by atoms with E-state index in [1.165, 1.54) is 57.7 Å². The molecule has 0 spiro atoms. The highest BCUT2D eigenvalue weighted by atomic mass is 32.2. The van der Waals surface area contributed by atoms with Crippen molar-refractivity contribution in [3.8, 4) is 17.2 Å². The molecule has 0 bridgehead atoms. The summed E-state index contributed by atoms with van der Waals surface area (Å²) < 4.78 is 40.9. The molecule has 0 unspecified atom stereocenters. The highest BCUT2D eigenvalue weighted by molar-refractivity contribution is 7.91. The minimum absolute atomic E-state index is 0.0479. The molecule has 118 valence electrons. The van der Waals surface area contributed by atoms with E-state index in [0.29, 0.717) is 11.4 Å². The Morgan fingerprint density at radius 1 is 0.818 bits per heavy atom. The van der Waals surface area contributed by atoms with E-state index in [4.69, 9.17) is 19.9 Å². The number of benzene rings is 2. The van der Waals surface area contributed by atoms with Crippen molar-refractivity contribution in [3.63, 3.8) is 0 Å². The lowest BCUT2D eigenvalue weighted by atomic mass is 10.3. The molecule has 0 radical (unpaired) electrons. The zero-order chi connectivity index (χ0) is 16.3. The first-order chi connectivity index (χ1) is 10.4. The fourth-order valence-electron chi connectivity index (χ4n) is 2.00. The molecule has 0 saturated heterocycles. The van der Waals surface area contributed by atoms with Crippen LogP contribution < -0.4 is 19.9 Å². The highest BCUT2D eigenvalue weighted by Crippen LogP contribution is 2.40. The topological polar surface area (TPSA) is 87.9 Å². The maximum atomic E-state index is 12.7. The van der Waals surface area contributed by atoms with Crippen LogP contribution in [0.5, 0.6) is 17.2 Å². The Kier molecular flexibility index (Phi) is 4.46. The predicted octanol–water partition coefficient (Wildman–Crippen LogP) is 2.13. The molecule has 0 aromatic heterocycles. The first-order valence-electron chi connectivity index (χ1n) is 6.34. The van der Waals surface area contributed by atoms with Crippen LogP contribution in [-0.4, -0.2) is 29.7 Å². The van der Waals surface area contributed by atoms with Gasteiger partial charge >= 0.3 is 0 Å². The quantitative estimate of drug-likeness (QED) is 0.848. The van der Waals surface area contributed by atoms with E-state index >= 15 is 0 Å². The van der Waals surface area contributed by atoms with Crippen LogP contribution in [0.15, 0.2) is 46.2 Å². The van der Waals surface area contributed by atoms with Crippen LogP contribution in [0.3, 0.4) is 0 Å². The highest BCUT2D eigenvalue weighted by Gasteiger charge is 2.23. The van der Waals surface area contributed by atoms with E-state index in [0.717, 1.165) is 0 Å². The molecule has 2 N–H and O–H groups in total. The summed E-state index contributed by atoms with van der Waals surface area (Å²) in [6, 6.07) is 8.76. The average Bonchev–Trinajstić information content (AvgIpc) is 2.53. The minimum atomic E-state index is -3.72. The van der Waals surface area contributed by atoms with Gasteiger partial charge in [0.2, 0.25) is 15.6 Å². The lowest BCUT2D eigenvalue weighted by Gasteiger charge is -2.14. The normalized spacial score (nSPS) is 11.0. The first-order valence-corrected chi connectivity index (χ1v) is 7.83. The zero-order valence-electron chi connectivity index (χ0n) is 12.5. The standard InChI is InChI=1S/C15H17NO5S/c1-19-13-8-12(9-14(20-2)15(13)21-3)22(17,18)11-6-4-10(16)5-7-11/h4-9H,16H2,1-3H3. The molecule has 22 heavy (non-hydrogen) atoms. The summed E-state index contributed by atoms with van der Waals surface area (Å²) in [6.07, 6.45) is 0. The second kappa shape index (κ2) is 6.15. The van der Waals surface area contributed by atoms with Gasteiger partial charge in [-0.1, -0.05) is 0 Å². The molecular formula is C15H17NO5S. The first kappa shape index (κ1) is 16.0. The number of nitrogen functional groups attached to an aromatic ring is 1. The average molecular weight is 323 g/mol. The predicted molar refractivity (Wildman–Crippen MR) is 82.4 cm³/mol. The fraction of sp³-hybridized carbons (Fsp3) is 0.200. The molecular weight excluding hydrogens is 306 g/mol. The van der Waals surface area contributed by atoms with Crippen LogP contribution in [0.25, 0.3) is 0 Å². The molecule has 0 amide bonds. The summed E-state index contributed by atoms with van der Waals surface area (Å²) in [5.74, 6) is 0.882. The van der Waals surface area contributed by atoms with E-state index in [-0.39, 0.29) is 21.3 Å². The van der Waals surface area contributed by atoms with Gasteiger partial charge in [0.25, 0.3) is 0 Å². The Hall–Kier alpha value is -2.41. The van der Waals surface area contributed by atoms with E-state index in [2.05, 4.69) is 0 Å². The van der Waals surface area contributed by atoms with E-state index < -0.39 is 9.84 Å². The van der Waals surface area contributed by atoms with E-state index in [1.807, 2.05) is 0 Å². The summed E-state index contributed by atoms with van der Waals surface area (Å²) >= 11 is 0. The van der Waals surface area contributed by atoms with Gasteiger partial charge in [-0.15, -0.1) is 0 Å². The van der Waals surface area contributed by atoms with Gasteiger partial charge in [-0.2, -0.15) is 0 Å². The van der Waals surface area contributed by atoms with Crippen LogP contribution in [0.2, 0.25) is 0 Å². The monoisotopic (exact) mass is 323 g/mol. The van der Waals surface area contributed by atoms with Gasteiger partial charge in [0.1, 0.15) is 0 Å². The molecule has 0 aliphatic carbocycles. The van der Waals surface area contributed by atoms with Crippen molar-refractivity contribution in [2.45, 2.75) is 9.79 Å². The SMILES string of the molecule is COc1cc(S(=O)(=O)c2ccc(N)cc2)cc(OC)c1OC. The fourth-order valence-corrected chi connectivity index (χ4v) is 3.29. The number of nitrogens with two attached hydrogens (primary N) is 1. The summed E-state index contributed by atoms with van der Waals surface area (Å²) in [5, 5.41) is 0. The largest absolute Gasteiger partial charge is 0.493 e. The van der Waals surface area contributed by atoms with Gasteiger partial charge in [0.15, 0.2) is 11.5 Å². The number of hydrogen-bond acceptors (Lipinski definition) is 6. The number of ether oxygens (including phenoxy) is 3. The van der Waals surface area contributed by atoms with Crippen molar-refractivity contribution >= 4 is 15.5 Å². The minimum Gasteiger partial charge on any atom is -0.493 e. The van der Waals surface area contributed by atoms with Crippen molar-refractivity contribution in [1.82, 2.24) is 0 Å².